The zero-order valence-corrected chi connectivity index (χ0v) is 21.9. The Kier molecular flexibility index (Phi) is 8.17. The molecule has 0 bridgehead atoms. The number of rotatable bonds is 9. The quantitative estimate of drug-likeness (QED) is 0.170. The van der Waals surface area contributed by atoms with Crippen molar-refractivity contribution in [1.29, 1.82) is 10.8 Å². The van der Waals surface area contributed by atoms with Gasteiger partial charge in [-0.15, -0.1) is 0 Å². The molecule has 1 saturated heterocycles. The van der Waals surface area contributed by atoms with Crippen molar-refractivity contribution in [3.8, 4) is 11.5 Å². The lowest BCUT2D eigenvalue weighted by Crippen LogP contribution is -2.41. The van der Waals surface area contributed by atoms with E-state index in [1.54, 1.807) is 48.5 Å². The van der Waals surface area contributed by atoms with Gasteiger partial charge in [-0.3, -0.25) is 15.4 Å². The van der Waals surface area contributed by atoms with E-state index in [0.29, 0.717) is 28.5 Å². The highest BCUT2D eigenvalue weighted by atomic mass is 31.2. The van der Waals surface area contributed by atoms with Crippen LogP contribution in [0, 0.1) is 10.8 Å². The minimum absolute atomic E-state index is 0.0429. The molecule has 1 heterocycles. The number of benzene rings is 3. The molecule has 0 aromatic heterocycles. The van der Waals surface area contributed by atoms with Crippen molar-refractivity contribution in [2.75, 3.05) is 20.2 Å². The van der Waals surface area contributed by atoms with Crippen LogP contribution < -0.4 is 15.2 Å². The fourth-order valence-corrected chi connectivity index (χ4v) is 5.38. The summed E-state index contributed by atoms with van der Waals surface area (Å²) in [5, 5.41) is 17.4. The normalized spacial score (nSPS) is 16.7. The number of nitrogens with zero attached hydrogens (tertiary/aromatic N) is 1. The summed E-state index contributed by atoms with van der Waals surface area (Å²) in [5.74, 6) is 0.418. The lowest BCUT2D eigenvalue weighted by Gasteiger charge is -2.33. The van der Waals surface area contributed by atoms with Gasteiger partial charge in [-0.05, 0) is 41.1 Å². The maximum atomic E-state index is 12.9. The van der Waals surface area contributed by atoms with Crippen molar-refractivity contribution < 1.29 is 23.5 Å². The molecule has 37 heavy (non-hydrogen) atoms. The predicted octanol–water partition coefficient (Wildman–Crippen LogP) is 5.26. The molecule has 1 aliphatic heterocycles. The number of fused-ring (bicyclic) bond motifs is 1. The van der Waals surface area contributed by atoms with E-state index >= 15 is 0 Å². The highest BCUT2D eigenvalue weighted by molar-refractivity contribution is 7.53. The Hall–Kier alpha value is -3.39. The summed E-state index contributed by atoms with van der Waals surface area (Å²) in [7, 11) is -2.99. The summed E-state index contributed by atoms with van der Waals surface area (Å²) in [6.45, 7) is 3.59. The molecule has 2 atom stereocenters. The lowest BCUT2D eigenvalue weighted by atomic mass is 10.1. The minimum atomic E-state index is -4.17. The predicted molar refractivity (Wildman–Crippen MR) is 145 cm³/mol. The summed E-state index contributed by atoms with van der Waals surface area (Å²) in [6.07, 6.45) is 2.45. The summed E-state index contributed by atoms with van der Waals surface area (Å²) in [6, 6.07) is 17.6. The Balaban J connectivity index is 1.50. The number of likely N-dealkylation sites (tertiary alicyclic amines) is 1. The third kappa shape index (κ3) is 6.31. The molecule has 10 heteroatoms. The van der Waals surface area contributed by atoms with E-state index in [1.165, 1.54) is 7.11 Å². The Morgan fingerprint density at radius 3 is 2.32 bits per heavy atom. The smallest absolute Gasteiger partial charge is 0.372 e. The van der Waals surface area contributed by atoms with Gasteiger partial charge in [0.25, 0.3) is 0 Å². The van der Waals surface area contributed by atoms with Crippen LogP contribution in [0.1, 0.15) is 43.2 Å². The van der Waals surface area contributed by atoms with Crippen LogP contribution in [0.2, 0.25) is 0 Å². The fourth-order valence-electron chi connectivity index (χ4n) is 4.38. The van der Waals surface area contributed by atoms with Crippen molar-refractivity contribution in [3.05, 3.63) is 71.8 Å². The minimum Gasteiger partial charge on any atom is -0.490 e. The van der Waals surface area contributed by atoms with Gasteiger partial charge in [-0.25, -0.2) is 0 Å². The van der Waals surface area contributed by atoms with E-state index in [1.807, 2.05) is 19.1 Å². The topological polar surface area (TPSA) is 142 Å². The molecule has 1 fully saturated rings. The number of nitrogens with one attached hydrogen (secondary N) is 2. The number of nitrogen functional groups attached to an aromatic ring is 1. The molecule has 0 amide bonds. The second kappa shape index (κ2) is 11.3. The first-order valence-electron chi connectivity index (χ1n) is 12.2. The van der Waals surface area contributed by atoms with Gasteiger partial charge >= 0.3 is 7.60 Å². The van der Waals surface area contributed by atoms with Crippen LogP contribution in [0.4, 0.5) is 0 Å². The molecule has 0 aliphatic carbocycles. The molecule has 9 nitrogen and oxygen atoms in total. The van der Waals surface area contributed by atoms with Gasteiger partial charge in [0, 0.05) is 50.6 Å². The van der Waals surface area contributed by atoms with Gasteiger partial charge in [0.1, 0.15) is 23.4 Å². The third-order valence-electron chi connectivity index (χ3n) is 6.55. The molecule has 0 spiro atoms. The fraction of sp³-hybridized carbons (Fsp3) is 0.333. The number of piperidine rings is 1. The van der Waals surface area contributed by atoms with Crippen molar-refractivity contribution in [2.24, 2.45) is 5.73 Å². The van der Waals surface area contributed by atoms with Crippen LogP contribution >= 0.6 is 7.60 Å². The molecule has 0 saturated carbocycles. The summed E-state index contributed by atoms with van der Waals surface area (Å²) >= 11 is 0. The van der Waals surface area contributed by atoms with E-state index in [4.69, 9.17) is 30.5 Å². The third-order valence-corrected chi connectivity index (χ3v) is 8.07. The summed E-state index contributed by atoms with van der Waals surface area (Å²) in [4.78, 5) is 12.6. The van der Waals surface area contributed by atoms with E-state index < -0.39 is 13.4 Å². The van der Waals surface area contributed by atoms with E-state index in [2.05, 4.69) is 4.90 Å². The molecule has 0 radical (unpaired) electrons. The maximum absolute atomic E-state index is 12.9. The van der Waals surface area contributed by atoms with E-state index in [0.717, 1.165) is 43.1 Å². The molecule has 196 valence electrons. The molecular weight excluding hydrogens is 491 g/mol. The molecule has 4 rings (SSSR count). The molecular formula is C27H33N4O5P. The molecule has 2 unspecified atom stereocenters. The number of hydrogen-bond donors (Lipinski definition) is 4. The zero-order chi connectivity index (χ0) is 26.6. The highest BCUT2D eigenvalue weighted by Crippen LogP contribution is 2.56. The molecule has 5 N–H and O–H groups in total. The average Bonchev–Trinajstić information content (AvgIpc) is 2.91. The Bertz CT molecular complexity index is 1320. The number of hydrogen-bond acceptors (Lipinski definition) is 6. The van der Waals surface area contributed by atoms with Crippen LogP contribution in [-0.4, -0.2) is 47.8 Å². The first kappa shape index (κ1) is 26.7. The monoisotopic (exact) mass is 524 g/mol. The van der Waals surface area contributed by atoms with Crippen LogP contribution in [0.15, 0.2) is 60.7 Å². The van der Waals surface area contributed by atoms with Crippen molar-refractivity contribution in [1.82, 2.24) is 4.90 Å². The maximum Gasteiger partial charge on any atom is 0.372 e. The van der Waals surface area contributed by atoms with Gasteiger partial charge in [-0.2, -0.15) is 0 Å². The zero-order valence-electron chi connectivity index (χ0n) is 21.0. The van der Waals surface area contributed by atoms with Crippen LogP contribution in [0.3, 0.4) is 0 Å². The van der Waals surface area contributed by atoms with Gasteiger partial charge in [0.2, 0.25) is 5.85 Å². The van der Waals surface area contributed by atoms with E-state index in [9.17, 15) is 9.46 Å². The van der Waals surface area contributed by atoms with E-state index in [-0.39, 0.29) is 11.9 Å². The van der Waals surface area contributed by atoms with Crippen molar-refractivity contribution in [3.63, 3.8) is 0 Å². The van der Waals surface area contributed by atoms with Gasteiger partial charge in [0.05, 0.1) is 5.84 Å². The summed E-state index contributed by atoms with van der Waals surface area (Å²) in [5.41, 5.74) is 6.67. The standard InChI is InChI=1S/C27H33N4O5P/c1-3-25(28)31-14-12-23(13-15-31)35-22-9-7-19(8-10-22)27(37(32,33)34-2)36-24-11-6-18-4-5-20(26(29)30)16-21(18)17-24/h4-11,16-17,23,27-28H,3,12-15H2,1-2H3,(H3,29,30)(H,32,33). The Morgan fingerprint density at radius 2 is 1.70 bits per heavy atom. The first-order valence-corrected chi connectivity index (χ1v) is 13.9. The highest BCUT2D eigenvalue weighted by Gasteiger charge is 2.35. The van der Waals surface area contributed by atoms with Crippen molar-refractivity contribution in [2.45, 2.75) is 38.1 Å². The molecule has 1 aliphatic rings. The summed E-state index contributed by atoms with van der Waals surface area (Å²) < 4.78 is 30.0. The SMILES string of the molecule is CCC(=N)N1CCC(Oc2ccc(C(Oc3ccc4ccc(C(=N)N)cc4c3)P(=O)(O)OC)cc2)CC1. The number of amidine groups is 2. The Labute approximate surface area is 216 Å². The largest absolute Gasteiger partial charge is 0.490 e. The van der Waals surface area contributed by atoms with Crippen LogP contribution in [0.5, 0.6) is 11.5 Å². The van der Waals surface area contributed by atoms with Crippen LogP contribution in [0.25, 0.3) is 10.8 Å². The molecule has 3 aromatic rings. The number of ether oxygens (including phenoxy) is 2. The second-order valence-electron chi connectivity index (χ2n) is 9.03. The molecule has 3 aromatic carbocycles. The first-order chi connectivity index (χ1) is 17.7. The van der Waals surface area contributed by atoms with Gasteiger partial charge in [0.15, 0.2) is 0 Å². The van der Waals surface area contributed by atoms with Gasteiger partial charge in [-0.1, -0.05) is 37.3 Å². The lowest BCUT2D eigenvalue weighted by molar-refractivity contribution is 0.130. The van der Waals surface area contributed by atoms with Crippen molar-refractivity contribution >= 4 is 30.0 Å². The average molecular weight is 525 g/mol. The van der Waals surface area contributed by atoms with Crippen LogP contribution in [-0.2, 0) is 9.09 Å². The second-order valence-corrected chi connectivity index (χ2v) is 11.0. The Morgan fingerprint density at radius 1 is 1.05 bits per heavy atom. The number of nitrogens with two attached hydrogens (primary N) is 1. The van der Waals surface area contributed by atoms with Gasteiger partial charge < -0.3 is 29.5 Å².